The summed E-state index contributed by atoms with van der Waals surface area (Å²) in [6, 6.07) is 6.07. The number of hydrogen-bond acceptors (Lipinski definition) is 4. The Kier molecular flexibility index (Phi) is 5.24. The zero-order valence-corrected chi connectivity index (χ0v) is 12.2. The molecule has 2 N–H and O–H groups in total. The molecule has 1 amide bonds. The lowest BCUT2D eigenvalue weighted by Gasteiger charge is -2.23. The summed E-state index contributed by atoms with van der Waals surface area (Å²) in [5.74, 6) is 0.00679. The van der Waals surface area contributed by atoms with E-state index in [2.05, 4.69) is 42.0 Å². The molecule has 1 fully saturated rings. The van der Waals surface area contributed by atoms with E-state index in [1.165, 1.54) is 10.5 Å². The number of aryl methyl sites for hydroxylation is 1. The van der Waals surface area contributed by atoms with Gasteiger partial charge in [-0.3, -0.25) is 4.79 Å². The number of hydrogen-bond donors (Lipinski definition) is 2. The fourth-order valence-corrected chi connectivity index (χ4v) is 2.74. The van der Waals surface area contributed by atoms with Crippen LogP contribution < -0.4 is 10.6 Å². The maximum Gasteiger partial charge on any atom is 0.239 e. The number of benzene rings is 1. The summed E-state index contributed by atoms with van der Waals surface area (Å²) in [7, 11) is 0. The van der Waals surface area contributed by atoms with Crippen LogP contribution in [-0.2, 0) is 16.1 Å². The highest BCUT2D eigenvalue weighted by atomic mass is 32.2. The van der Waals surface area contributed by atoms with Gasteiger partial charge in [-0.25, -0.2) is 0 Å². The first kappa shape index (κ1) is 14.4. The molecule has 4 nitrogen and oxygen atoms in total. The Morgan fingerprint density at radius 2 is 2.42 bits per heavy atom. The van der Waals surface area contributed by atoms with Gasteiger partial charge in [0, 0.05) is 18.0 Å². The monoisotopic (exact) mass is 280 g/mol. The Balaban J connectivity index is 1.92. The third-order valence-electron chi connectivity index (χ3n) is 3.13. The average Bonchev–Trinajstić information content (AvgIpc) is 2.46. The fraction of sp³-hybridized carbons (Fsp3) is 0.500. The van der Waals surface area contributed by atoms with Crippen LogP contribution in [0.2, 0.25) is 0 Å². The molecule has 1 aromatic carbocycles. The van der Waals surface area contributed by atoms with Gasteiger partial charge >= 0.3 is 0 Å². The zero-order valence-electron chi connectivity index (χ0n) is 11.4. The van der Waals surface area contributed by atoms with Gasteiger partial charge in [-0.15, -0.1) is 11.8 Å². The second kappa shape index (κ2) is 6.93. The van der Waals surface area contributed by atoms with Crippen LogP contribution in [0.4, 0.5) is 0 Å². The predicted octanol–water partition coefficient (Wildman–Crippen LogP) is 1.32. The van der Waals surface area contributed by atoms with Crippen molar-refractivity contribution < 1.29 is 9.53 Å². The molecule has 0 spiro atoms. The summed E-state index contributed by atoms with van der Waals surface area (Å²) in [5.41, 5.74) is 2.39. The van der Waals surface area contributed by atoms with Gasteiger partial charge in [0.15, 0.2) is 0 Å². The number of nitrogens with one attached hydrogen (secondary N) is 2. The van der Waals surface area contributed by atoms with Crippen molar-refractivity contribution in [2.24, 2.45) is 0 Å². The average molecular weight is 280 g/mol. The number of ether oxygens (including phenoxy) is 1. The smallest absolute Gasteiger partial charge is 0.239 e. The number of thioether (sulfide) groups is 1. The lowest BCUT2D eigenvalue weighted by atomic mass is 10.1. The molecule has 0 aliphatic carbocycles. The van der Waals surface area contributed by atoms with Crippen molar-refractivity contribution in [2.45, 2.75) is 24.4 Å². The molecule has 1 aliphatic heterocycles. The summed E-state index contributed by atoms with van der Waals surface area (Å²) in [5, 5.41) is 6.12. The quantitative estimate of drug-likeness (QED) is 0.817. The van der Waals surface area contributed by atoms with Gasteiger partial charge in [0.2, 0.25) is 5.91 Å². The Hall–Kier alpha value is -1.04. The Labute approximate surface area is 118 Å². The fourth-order valence-electron chi connectivity index (χ4n) is 2.04. The van der Waals surface area contributed by atoms with Gasteiger partial charge in [-0.1, -0.05) is 12.1 Å². The largest absolute Gasteiger partial charge is 0.378 e. The topological polar surface area (TPSA) is 50.4 Å². The molecule has 0 aromatic heterocycles. The normalized spacial score (nSPS) is 19.2. The van der Waals surface area contributed by atoms with Crippen LogP contribution in [-0.4, -0.2) is 38.0 Å². The number of rotatable bonds is 4. The van der Waals surface area contributed by atoms with Crippen LogP contribution >= 0.6 is 11.8 Å². The van der Waals surface area contributed by atoms with Crippen LogP contribution in [0.3, 0.4) is 0 Å². The summed E-state index contributed by atoms with van der Waals surface area (Å²) < 4.78 is 5.29. The van der Waals surface area contributed by atoms with Crippen molar-refractivity contribution in [3.05, 3.63) is 29.3 Å². The highest BCUT2D eigenvalue weighted by molar-refractivity contribution is 7.98. The van der Waals surface area contributed by atoms with Gasteiger partial charge < -0.3 is 15.4 Å². The molecule has 1 unspecified atom stereocenters. The minimum absolute atomic E-state index is 0.00679. The molecule has 0 saturated carbocycles. The maximum absolute atomic E-state index is 12.0. The first-order valence-electron chi connectivity index (χ1n) is 6.43. The molecule has 2 rings (SSSR count). The van der Waals surface area contributed by atoms with E-state index in [1.54, 1.807) is 11.8 Å². The van der Waals surface area contributed by atoms with Gasteiger partial charge in [0.05, 0.1) is 13.2 Å². The molecule has 19 heavy (non-hydrogen) atoms. The molecule has 104 valence electrons. The van der Waals surface area contributed by atoms with Crippen molar-refractivity contribution >= 4 is 17.7 Å². The van der Waals surface area contributed by atoms with E-state index < -0.39 is 0 Å². The second-order valence-corrected chi connectivity index (χ2v) is 5.46. The summed E-state index contributed by atoms with van der Waals surface area (Å²) in [6.45, 7) is 4.50. The summed E-state index contributed by atoms with van der Waals surface area (Å²) in [6.07, 6.45) is 2.05. The highest BCUT2D eigenvalue weighted by Gasteiger charge is 2.20. The van der Waals surface area contributed by atoms with Crippen LogP contribution in [0.15, 0.2) is 23.1 Å². The number of morpholine rings is 1. The molecule has 1 aromatic rings. The van der Waals surface area contributed by atoms with E-state index in [0.717, 1.165) is 12.1 Å². The first-order chi connectivity index (χ1) is 9.20. The van der Waals surface area contributed by atoms with E-state index in [9.17, 15) is 4.79 Å². The van der Waals surface area contributed by atoms with Crippen molar-refractivity contribution in [1.82, 2.24) is 10.6 Å². The lowest BCUT2D eigenvalue weighted by molar-refractivity contribution is -0.126. The van der Waals surface area contributed by atoms with E-state index >= 15 is 0 Å². The predicted molar refractivity (Wildman–Crippen MR) is 77.4 cm³/mol. The zero-order chi connectivity index (χ0) is 13.7. The minimum atomic E-state index is -0.225. The van der Waals surface area contributed by atoms with E-state index in [0.29, 0.717) is 19.8 Å². The maximum atomic E-state index is 12.0. The minimum Gasteiger partial charge on any atom is -0.378 e. The van der Waals surface area contributed by atoms with Crippen molar-refractivity contribution in [3.63, 3.8) is 0 Å². The molecule has 1 saturated heterocycles. The van der Waals surface area contributed by atoms with Crippen LogP contribution in [0.1, 0.15) is 11.1 Å². The van der Waals surface area contributed by atoms with Gasteiger partial charge in [-0.05, 0) is 30.4 Å². The Bertz CT molecular complexity index is 445. The number of amides is 1. The van der Waals surface area contributed by atoms with Crippen LogP contribution in [0, 0.1) is 6.92 Å². The SMILES string of the molecule is CSc1cc(C)ccc1CNC(=O)C1COCCN1. The van der Waals surface area contributed by atoms with Gasteiger partial charge in [0.25, 0.3) is 0 Å². The van der Waals surface area contributed by atoms with Gasteiger partial charge in [0.1, 0.15) is 6.04 Å². The van der Waals surface area contributed by atoms with E-state index in [1.807, 2.05) is 0 Å². The third kappa shape index (κ3) is 3.96. The molecule has 1 atom stereocenters. The van der Waals surface area contributed by atoms with Crippen LogP contribution in [0.25, 0.3) is 0 Å². The molecule has 1 aliphatic rings. The summed E-state index contributed by atoms with van der Waals surface area (Å²) in [4.78, 5) is 13.2. The first-order valence-corrected chi connectivity index (χ1v) is 7.65. The second-order valence-electron chi connectivity index (χ2n) is 4.61. The molecular formula is C14H20N2O2S. The number of carbonyl (C=O) groups is 1. The molecule has 1 heterocycles. The van der Waals surface area contributed by atoms with Gasteiger partial charge in [-0.2, -0.15) is 0 Å². The van der Waals surface area contributed by atoms with Crippen molar-refractivity contribution in [3.8, 4) is 0 Å². The Morgan fingerprint density at radius 3 is 3.11 bits per heavy atom. The van der Waals surface area contributed by atoms with E-state index in [-0.39, 0.29) is 11.9 Å². The van der Waals surface area contributed by atoms with Crippen molar-refractivity contribution in [2.75, 3.05) is 26.0 Å². The Morgan fingerprint density at radius 1 is 1.58 bits per heavy atom. The molecule has 0 bridgehead atoms. The molecule has 5 heteroatoms. The number of carbonyl (C=O) groups excluding carboxylic acids is 1. The van der Waals surface area contributed by atoms with E-state index in [4.69, 9.17) is 4.74 Å². The third-order valence-corrected chi connectivity index (χ3v) is 3.95. The summed E-state index contributed by atoms with van der Waals surface area (Å²) >= 11 is 1.71. The van der Waals surface area contributed by atoms with Crippen molar-refractivity contribution in [1.29, 1.82) is 0 Å². The lowest BCUT2D eigenvalue weighted by Crippen LogP contribution is -2.51. The molecule has 0 radical (unpaired) electrons. The standard InChI is InChI=1S/C14H20N2O2S/c1-10-3-4-11(13(7-10)19-2)8-16-14(17)12-9-18-6-5-15-12/h3-4,7,12,15H,5-6,8-9H2,1-2H3,(H,16,17). The van der Waals surface area contributed by atoms with Crippen LogP contribution in [0.5, 0.6) is 0 Å². The molecular weight excluding hydrogens is 260 g/mol. The highest BCUT2D eigenvalue weighted by Crippen LogP contribution is 2.21.